The van der Waals surface area contributed by atoms with Gasteiger partial charge in [-0.15, -0.1) is 0 Å². The Morgan fingerprint density at radius 2 is 2.14 bits per heavy atom. The summed E-state index contributed by atoms with van der Waals surface area (Å²) in [5.74, 6) is -0.739. The van der Waals surface area contributed by atoms with Gasteiger partial charge >= 0.3 is 5.97 Å². The Bertz CT molecular complexity index is 394. The van der Waals surface area contributed by atoms with Crippen molar-refractivity contribution in [3.05, 3.63) is 34.3 Å². The molecule has 0 radical (unpaired) electrons. The lowest BCUT2D eigenvalue weighted by Crippen LogP contribution is -2.19. The second-order valence-electron chi connectivity index (χ2n) is 3.85. The first kappa shape index (κ1) is 9.53. The van der Waals surface area contributed by atoms with Crippen LogP contribution >= 0.6 is 11.6 Å². The monoisotopic (exact) mass is 210 g/mol. The van der Waals surface area contributed by atoms with Gasteiger partial charge in [0, 0.05) is 5.02 Å². The minimum absolute atomic E-state index is 0.642. The molecule has 2 rings (SSSR count). The Labute approximate surface area is 87.5 Å². The van der Waals surface area contributed by atoms with E-state index in [1.807, 2.05) is 19.1 Å². The van der Waals surface area contributed by atoms with Gasteiger partial charge in [0.2, 0.25) is 0 Å². The number of carbonyl (C=O) groups is 1. The summed E-state index contributed by atoms with van der Waals surface area (Å²) in [5.41, 5.74) is 1.18. The molecule has 14 heavy (non-hydrogen) atoms. The summed E-state index contributed by atoms with van der Waals surface area (Å²) in [6.45, 7) is 1.91. The lowest BCUT2D eigenvalue weighted by Gasteiger charge is -2.11. The fourth-order valence-corrected chi connectivity index (χ4v) is 1.82. The predicted octanol–water partition coefficient (Wildman–Crippen LogP) is 2.76. The van der Waals surface area contributed by atoms with Crippen LogP contribution in [0.3, 0.4) is 0 Å². The molecule has 1 aromatic carbocycles. The number of rotatable bonds is 2. The molecule has 0 aromatic heterocycles. The molecule has 0 bridgehead atoms. The van der Waals surface area contributed by atoms with Crippen LogP contribution in [0.25, 0.3) is 0 Å². The van der Waals surface area contributed by atoms with Crippen LogP contribution in [0.4, 0.5) is 0 Å². The first-order chi connectivity index (χ1) is 6.56. The van der Waals surface area contributed by atoms with Gasteiger partial charge in [0.25, 0.3) is 0 Å². The quantitative estimate of drug-likeness (QED) is 0.815. The van der Waals surface area contributed by atoms with E-state index in [0.29, 0.717) is 5.02 Å². The highest BCUT2D eigenvalue weighted by Gasteiger charge is 2.51. The maximum absolute atomic E-state index is 11.0. The molecule has 74 valence electrons. The minimum atomic E-state index is -0.739. The van der Waals surface area contributed by atoms with Crippen LogP contribution < -0.4 is 0 Å². The summed E-state index contributed by atoms with van der Waals surface area (Å²) in [6.07, 6.45) is 1.45. The van der Waals surface area contributed by atoms with Gasteiger partial charge in [-0.05, 0) is 37.0 Å². The maximum Gasteiger partial charge on any atom is 0.314 e. The summed E-state index contributed by atoms with van der Waals surface area (Å²) >= 11 is 5.96. The number of aryl methyl sites for hydroxylation is 1. The standard InChI is InChI=1S/C11H11ClO2/c1-7-2-3-8(6-9(7)12)11(4-5-11)10(13)14/h2-3,6H,4-5H2,1H3,(H,13,14). The number of hydrogen-bond acceptors (Lipinski definition) is 1. The van der Waals surface area contributed by atoms with Crippen molar-refractivity contribution in [3.63, 3.8) is 0 Å². The summed E-state index contributed by atoms with van der Waals surface area (Å²) in [4.78, 5) is 11.0. The van der Waals surface area contributed by atoms with Crippen LogP contribution in [0.15, 0.2) is 18.2 Å². The second-order valence-corrected chi connectivity index (χ2v) is 4.26. The zero-order valence-corrected chi connectivity index (χ0v) is 8.64. The lowest BCUT2D eigenvalue weighted by molar-refractivity contribution is -0.140. The largest absolute Gasteiger partial charge is 0.481 e. The average molecular weight is 211 g/mol. The van der Waals surface area contributed by atoms with E-state index in [1.54, 1.807) is 6.07 Å². The van der Waals surface area contributed by atoms with E-state index in [2.05, 4.69) is 0 Å². The van der Waals surface area contributed by atoms with E-state index in [4.69, 9.17) is 16.7 Å². The first-order valence-electron chi connectivity index (χ1n) is 4.56. The van der Waals surface area contributed by atoms with E-state index in [1.165, 1.54) is 0 Å². The van der Waals surface area contributed by atoms with Crippen LogP contribution in [-0.2, 0) is 10.2 Å². The highest BCUT2D eigenvalue weighted by molar-refractivity contribution is 6.31. The Hall–Kier alpha value is -1.02. The van der Waals surface area contributed by atoms with Crippen molar-refractivity contribution in [2.75, 3.05) is 0 Å². The summed E-state index contributed by atoms with van der Waals surface area (Å²) < 4.78 is 0. The molecule has 0 amide bonds. The molecule has 1 fully saturated rings. The van der Waals surface area contributed by atoms with Crippen molar-refractivity contribution >= 4 is 17.6 Å². The van der Waals surface area contributed by atoms with Gasteiger partial charge in [-0.2, -0.15) is 0 Å². The normalized spacial score (nSPS) is 17.9. The third kappa shape index (κ3) is 1.30. The zero-order valence-electron chi connectivity index (χ0n) is 7.88. The summed E-state index contributed by atoms with van der Waals surface area (Å²) in [6, 6.07) is 5.51. The molecule has 0 unspecified atom stereocenters. The van der Waals surface area contributed by atoms with Crippen molar-refractivity contribution in [3.8, 4) is 0 Å². The SMILES string of the molecule is Cc1ccc(C2(C(=O)O)CC2)cc1Cl. The van der Waals surface area contributed by atoms with Gasteiger partial charge < -0.3 is 5.11 Å². The molecule has 0 spiro atoms. The average Bonchev–Trinajstić information content (AvgIpc) is 2.90. The Morgan fingerprint density at radius 3 is 2.57 bits per heavy atom. The van der Waals surface area contributed by atoms with E-state index in [9.17, 15) is 4.79 Å². The van der Waals surface area contributed by atoms with E-state index < -0.39 is 11.4 Å². The van der Waals surface area contributed by atoms with Gasteiger partial charge in [-0.25, -0.2) is 0 Å². The van der Waals surface area contributed by atoms with Crippen molar-refractivity contribution in [1.82, 2.24) is 0 Å². The fraction of sp³-hybridized carbons (Fsp3) is 0.364. The molecule has 1 aliphatic rings. The molecule has 1 saturated carbocycles. The van der Waals surface area contributed by atoms with Gasteiger partial charge in [0.15, 0.2) is 0 Å². The van der Waals surface area contributed by atoms with E-state index >= 15 is 0 Å². The molecule has 2 nitrogen and oxygen atoms in total. The number of carboxylic acid groups (broad SMARTS) is 1. The molecule has 0 saturated heterocycles. The number of hydrogen-bond donors (Lipinski definition) is 1. The zero-order chi connectivity index (χ0) is 10.3. The summed E-state index contributed by atoms with van der Waals surface area (Å²) in [7, 11) is 0. The molecule has 1 aliphatic carbocycles. The van der Waals surface area contributed by atoms with Crippen LogP contribution in [0.2, 0.25) is 5.02 Å². The number of halogens is 1. The minimum Gasteiger partial charge on any atom is -0.481 e. The third-order valence-corrected chi connectivity index (χ3v) is 3.29. The van der Waals surface area contributed by atoms with Crippen molar-refractivity contribution in [1.29, 1.82) is 0 Å². The highest BCUT2D eigenvalue weighted by atomic mass is 35.5. The lowest BCUT2D eigenvalue weighted by atomic mass is 9.95. The smallest absolute Gasteiger partial charge is 0.314 e. The molecule has 0 aliphatic heterocycles. The Morgan fingerprint density at radius 1 is 1.50 bits per heavy atom. The van der Waals surface area contributed by atoms with Gasteiger partial charge in [-0.3, -0.25) is 4.79 Å². The Kier molecular flexibility index (Phi) is 2.04. The van der Waals surface area contributed by atoms with Crippen LogP contribution in [0, 0.1) is 6.92 Å². The summed E-state index contributed by atoms with van der Waals surface area (Å²) in [5, 5.41) is 9.72. The number of aliphatic carboxylic acids is 1. The van der Waals surface area contributed by atoms with Crippen LogP contribution in [-0.4, -0.2) is 11.1 Å². The Balaban J connectivity index is 2.43. The van der Waals surface area contributed by atoms with Crippen molar-refractivity contribution in [2.24, 2.45) is 0 Å². The number of benzene rings is 1. The highest BCUT2D eigenvalue weighted by Crippen LogP contribution is 2.49. The molecular weight excluding hydrogens is 200 g/mol. The number of carboxylic acids is 1. The first-order valence-corrected chi connectivity index (χ1v) is 4.94. The fourth-order valence-electron chi connectivity index (χ4n) is 1.64. The molecule has 0 heterocycles. The maximum atomic E-state index is 11.0. The van der Waals surface area contributed by atoms with Gasteiger partial charge in [0.1, 0.15) is 0 Å². The molecule has 0 atom stereocenters. The molecule has 3 heteroatoms. The van der Waals surface area contributed by atoms with Crippen LogP contribution in [0.5, 0.6) is 0 Å². The predicted molar refractivity (Wildman–Crippen MR) is 54.7 cm³/mol. The van der Waals surface area contributed by atoms with E-state index in [-0.39, 0.29) is 0 Å². The topological polar surface area (TPSA) is 37.3 Å². The van der Waals surface area contributed by atoms with Crippen molar-refractivity contribution < 1.29 is 9.90 Å². The third-order valence-electron chi connectivity index (χ3n) is 2.88. The van der Waals surface area contributed by atoms with Gasteiger partial charge in [0.05, 0.1) is 5.41 Å². The molecule has 1 N–H and O–H groups in total. The van der Waals surface area contributed by atoms with Crippen LogP contribution in [0.1, 0.15) is 24.0 Å². The second kappa shape index (κ2) is 2.99. The van der Waals surface area contributed by atoms with Crippen molar-refractivity contribution in [2.45, 2.75) is 25.2 Å². The van der Waals surface area contributed by atoms with Gasteiger partial charge in [-0.1, -0.05) is 23.7 Å². The van der Waals surface area contributed by atoms with E-state index in [0.717, 1.165) is 24.0 Å². The molecular formula is C11H11ClO2. The molecule has 1 aromatic rings.